The van der Waals surface area contributed by atoms with Crippen LogP contribution in [0.25, 0.3) is 0 Å². The fourth-order valence-corrected chi connectivity index (χ4v) is 7.63. The number of hydrogen-bond acceptors (Lipinski definition) is 3. The second-order valence-electron chi connectivity index (χ2n) is 8.54. The second kappa shape index (κ2) is 7.04. The Bertz CT molecular complexity index is 527. The first-order valence-electron chi connectivity index (χ1n) is 8.83. The summed E-state index contributed by atoms with van der Waals surface area (Å²) in [5.41, 5.74) is 0. The highest BCUT2D eigenvalue weighted by Crippen LogP contribution is 2.71. The highest BCUT2D eigenvalue weighted by molar-refractivity contribution is 5.96. The highest BCUT2D eigenvalue weighted by Gasteiger charge is 2.67. The van der Waals surface area contributed by atoms with E-state index in [1.54, 1.807) is 0 Å². The van der Waals surface area contributed by atoms with Crippen molar-refractivity contribution in [2.45, 2.75) is 69.2 Å². The number of ether oxygens (including phenoxy) is 1. The number of fused-ring (bicyclic) bond motifs is 9. The standard InChI is InChI=1S/C18H24O3.4CH4/c1-7-11-6-12(16-10-4-3-9(5-10)15(11)16)13(7)14-8(2)17(19)21-18(14)20;;;;/h7-16H,3-6H2,1-2H3;4*1H4. The third kappa shape index (κ3) is 2.51. The minimum absolute atomic E-state index is 0. The van der Waals surface area contributed by atoms with Gasteiger partial charge in [0.15, 0.2) is 0 Å². The molecule has 25 heavy (non-hydrogen) atoms. The molecule has 10 unspecified atom stereocenters. The van der Waals surface area contributed by atoms with Gasteiger partial charge in [-0.1, -0.05) is 43.6 Å². The molecule has 4 aliphatic carbocycles. The normalized spacial score (nSPS) is 51.0. The summed E-state index contributed by atoms with van der Waals surface area (Å²) >= 11 is 0. The van der Waals surface area contributed by atoms with Crippen LogP contribution in [0.5, 0.6) is 0 Å². The van der Waals surface area contributed by atoms with Gasteiger partial charge < -0.3 is 4.74 Å². The van der Waals surface area contributed by atoms with Crippen molar-refractivity contribution < 1.29 is 14.3 Å². The van der Waals surface area contributed by atoms with Crippen molar-refractivity contribution in [1.29, 1.82) is 0 Å². The molecule has 4 bridgehead atoms. The Morgan fingerprint density at radius 2 is 1.32 bits per heavy atom. The van der Waals surface area contributed by atoms with E-state index in [4.69, 9.17) is 4.74 Å². The second-order valence-corrected chi connectivity index (χ2v) is 8.54. The van der Waals surface area contributed by atoms with Gasteiger partial charge in [0.25, 0.3) is 0 Å². The first-order valence-corrected chi connectivity index (χ1v) is 8.83. The maximum Gasteiger partial charge on any atom is 0.317 e. The zero-order chi connectivity index (χ0) is 14.5. The molecule has 0 aromatic rings. The van der Waals surface area contributed by atoms with Crippen molar-refractivity contribution in [2.24, 2.45) is 59.2 Å². The zero-order valence-electron chi connectivity index (χ0n) is 12.8. The Morgan fingerprint density at radius 3 is 1.84 bits per heavy atom. The lowest BCUT2D eigenvalue weighted by molar-refractivity contribution is -0.154. The Kier molecular flexibility index (Phi) is 6.25. The summed E-state index contributed by atoms with van der Waals surface area (Å²) in [5, 5.41) is 0. The number of rotatable bonds is 1. The van der Waals surface area contributed by atoms with Crippen LogP contribution >= 0.6 is 0 Å². The van der Waals surface area contributed by atoms with Crippen LogP contribution < -0.4 is 0 Å². The molecule has 0 radical (unpaired) electrons. The Labute approximate surface area is 155 Å². The minimum atomic E-state index is -0.288. The van der Waals surface area contributed by atoms with Crippen molar-refractivity contribution in [3.63, 3.8) is 0 Å². The lowest BCUT2D eigenvalue weighted by atomic mass is 9.60. The van der Waals surface area contributed by atoms with Gasteiger partial charge in [-0.05, 0) is 73.0 Å². The quantitative estimate of drug-likeness (QED) is 0.359. The average Bonchev–Trinajstić information content (AvgIpc) is 3.19. The third-order valence-corrected chi connectivity index (χ3v) is 8.16. The van der Waals surface area contributed by atoms with E-state index in [0.717, 1.165) is 29.6 Å². The van der Waals surface area contributed by atoms with Crippen molar-refractivity contribution >= 4 is 11.9 Å². The molecule has 3 heteroatoms. The minimum Gasteiger partial charge on any atom is -0.393 e. The predicted octanol–water partition coefficient (Wildman–Crippen LogP) is 5.43. The molecule has 146 valence electrons. The van der Waals surface area contributed by atoms with Crippen LogP contribution in [-0.2, 0) is 14.3 Å². The molecule has 3 nitrogen and oxygen atoms in total. The van der Waals surface area contributed by atoms with Gasteiger partial charge in [-0.15, -0.1) is 0 Å². The summed E-state index contributed by atoms with van der Waals surface area (Å²) < 4.78 is 4.95. The summed E-state index contributed by atoms with van der Waals surface area (Å²) in [6, 6.07) is 0. The number of esters is 2. The Balaban J connectivity index is 0.000000781. The smallest absolute Gasteiger partial charge is 0.317 e. The van der Waals surface area contributed by atoms with E-state index in [9.17, 15) is 9.59 Å². The van der Waals surface area contributed by atoms with Gasteiger partial charge in [0.05, 0.1) is 11.8 Å². The lowest BCUT2D eigenvalue weighted by Crippen LogP contribution is -2.42. The lowest BCUT2D eigenvalue weighted by Gasteiger charge is -2.44. The maximum atomic E-state index is 12.2. The van der Waals surface area contributed by atoms with Crippen LogP contribution in [0.1, 0.15) is 69.2 Å². The molecule has 1 saturated heterocycles. The Morgan fingerprint density at radius 1 is 0.760 bits per heavy atom. The van der Waals surface area contributed by atoms with E-state index >= 15 is 0 Å². The Hall–Kier alpha value is -0.860. The SMILES string of the molecule is C.C.C.C.CC1C(=O)OC(=O)C1C1C(C)C2CC1C1C3CCC(C3)C21. The molecule has 0 spiro atoms. The molecule has 5 rings (SSSR count). The van der Waals surface area contributed by atoms with Crippen molar-refractivity contribution in [3.8, 4) is 0 Å². The van der Waals surface area contributed by atoms with Crippen LogP contribution in [0.2, 0.25) is 0 Å². The van der Waals surface area contributed by atoms with E-state index < -0.39 is 0 Å². The highest BCUT2D eigenvalue weighted by atomic mass is 16.6. The van der Waals surface area contributed by atoms with E-state index in [1.807, 2.05) is 6.92 Å². The molecule has 0 aromatic carbocycles. The largest absolute Gasteiger partial charge is 0.393 e. The molecule has 5 aliphatic rings. The van der Waals surface area contributed by atoms with E-state index in [2.05, 4.69) is 6.92 Å². The number of cyclic esters (lactones) is 2. The predicted molar refractivity (Wildman–Crippen MR) is 103 cm³/mol. The summed E-state index contributed by atoms with van der Waals surface area (Å²) in [5.74, 6) is 5.35. The van der Waals surface area contributed by atoms with Crippen molar-refractivity contribution in [3.05, 3.63) is 0 Å². The molecule has 0 N–H and O–H groups in total. The van der Waals surface area contributed by atoms with Crippen LogP contribution in [0.15, 0.2) is 0 Å². The first kappa shape index (κ1) is 22.2. The van der Waals surface area contributed by atoms with E-state index in [0.29, 0.717) is 17.8 Å². The molecule has 0 aromatic heterocycles. The van der Waals surface area contributed by atoms with Gasteiger partial charge in [0.2, 0.25) is 0 Å². The number of hydrogen-bond donors (Lipinski definition) is 0. The monoisotopic (exact) mass is 352 g/mol. The topological polar surface area (TPSA) is 43.4 Å². The molecule has 1 aliphatic heterocycles. The van der Waals surface area contributed by atoms with Crippen LogP contribution in [-0.4, -0.2) is 11.9 Å². The third-order valence-electron chi connectivity index (χ3n) is 8.16. The molecule has 10 atom stereocenters. The summed E-state index contributed by atoms with van der Waals surface area (Å²) in [6.45, 7) is 4.25. The van der Waals surface area contributed by atoms with Crippen molar-refractivity contribution in [2.75, 3.05) is 0 Å². The number of carbonyl (C=O) groups is 2. The van der Waals surface area contributed by atoms with Gasteiger partial charge in [-0.25, -0.2) is 0 Å². The molecular formula is C22H40O3. The van der Waals surface area contributed by atoms with Gasteiger partial charge in [-0.3, -0.25) is 9.59 Å². The van der Waals surface area contributed by atoms with E-state index in [-0.39, 0.29) is 53.5 Å². The van der Waals surface area contributed by atoms with E-state index in [1.165, 1.54) is 25.7 Å². The molecule has 0 amide bonds. The summed E-state index contributed by atoms with van der Waals surface area (Å²) in [6.07, 6.45) is 5.64. The van der Waals surface area contributed by atoms with Gasteiger partial charge in [0, 0.05) is 0 Å². The zero-order valence-corrected chi connectivity index (χ0v) is 12.8. The average molecular weight is 353 g/mol. The van der Waals surface area contributed by atoms with Gasteiger partial charge in [-0.2, -0.15) is 0 Å². The molecule has 4 saturated carbocycles. The maximum absolute atomic E-state index is 12.2. The summed E-state index contributed by atoms with van der Waals surface area (Å²) in [7, 11) is 0. The van der Waals surface area contributed by atoms with Crippen molar-refractivity contribution in [1.82, 2.24) is 0 Å². The fourth-order valence-electron chi connectivity index (χ4n) is 7.63. The molecular weight excluding hydrogens is 312 g/mol. The van der Waals surface area contributed by atoms with Gasteiger partial charge >= 0.3 is 11.9 Å². The number of carbonyl (C=O) groups excluding carboxylic acids is 2. The summed E-state index contributed by atoms with van der Waals surface area (Å²) in [4.78, 5) is 24.0. The van der Waals surface area contributed by atoms with Crippen LogP contribution in [0.4, 0.5) is 0 Å². The first-order chi connectivity index (χ1) is 10.1. The van der Waals surface area contributed by atoms with Crippen LogP contribution in [0.3, 0.4) is 0 Å². The van der Waals surface area contributed by atoms with Crippen LogP contribution in [0, 0.1) is 59.2 Å². The fraction of sp³-hybridized carbons (Fsp3) is 0.909. The van der Waals surface area contributed by atoms with Gasteiger partial charge in [0.1, 0.15) is 0 Å². The molecule has 5 fully saturated rings. The molecule has 1 heterocycles.